The highest BCUT2D eigenvalue weighted by Gasteiger charge is 2.11. The van der Waals surface area contributed by atoms with E-state index >= 15 is 0 Å². The highest BCUT2D eigenvalue weighted by Crippen LogP contribution is 2.23. The number of amides is 1. The maximum Gasteiger partial charge on any atom is 0.220 e. The molecule has 0 N–H and O–H groups in total. The van der Waals surface area contributed by atoms with Crippen LogP contribution in [0, 0.1) is 0 Å². The zero-order valence-electron chi connectivity index (χ0n) is 11.0. The van der Waals surface area contributed by atoms with E-state index in [0.717, 1.165) is 11.3 Å². The van der Waals surface area contributed by atoms with Crippen LogP contribution in [0.3, 0.4) is 0 Å². The molecule has 0 aliphatic carbocycles. The molecule has 0 radical (unpaired) electrons. The molecule has 2 rings (SSSR count). The van der Waals surface area contributed by atoms with Crippen molar-refractivity contribution in [3.05, 3.63) is 63.9 Å². The number of carbonyl (C=O) groups excluding carboxylic acids is 1. The van der Waals surface area contributed by atoms with Crippen LogP contribution in [0.1, 0.15) is 18.2 Å². The maximum atomic E-state index is 11.7. The van der Waals surface area contributed by atoms with E-state index in [1.807, 2.05) is 24.3 Å². The van der Waals surface area contributed by atoms with Crippen LogP contribution in [0.25, 0.3) is 0 Å². The molecule has 104 valence electrons. The Hall–Kier alpha value is -1.58. The summed E-state index contributed by atoms with van der Waals surface area (Å²) in [6.45, 7) is 2.49. The average molecular weight is 309 g/mol. The summed E-state index contributed by atoms with van der Waals surface area (Å²) in [7, 11) is 0. The van der Waals surface area contributed by atoms with Gasteiger partial charge in [-0.3, -0.25) is 9.78 Å². The van der Waals surface area contributed by atoms with Gasteiger partial charge in [0, 0.05) is 19.7 Å². The number of hydrogen-bond acceptors (Lipinski definition) is 2. The number of halogens is 2. The minimum absolute atomic E-state index is 0.0123. The number of nitrogens with zero attached hydrogens (tertiary/aromatic N) is 2. The van der Waals surface area contributed by atoms with Gasteiger partial charge in [-0.2, -0.15) is 0 Å². The van der Waals surface area contributed by atoms with E-state index in [4.69, 9.17) is 23.2 Å². The molecule has 0 saturated carbocycles. The van der Waals surface area contributed by atoms with Crippen LogP contribution >= 0.6 is 23.2 Å². The first-order valence-corrected chi connectivity index (χ1v) is 6.91. The lowest BCUT2D eigenvalue weighted by molar-refractivity contribution is -0.130. The van der Waals surface area contributed by atoms with Gasteiger partial charge < -0.3 is 4.90 Å². The SMILES string of the molecule is CC(=O)N(Cc1ccc(Cl)c(Cl)c1)Cc1ccccn1. The van der Waals surface area contributed by atoms with Gasteiger partial charge in [0.1, 0.15) is 0 Å². The number of aromatic nitrogens is 1. The molecule has 0 spiro atoms. The van der Waals surface area contributed by atoms with Crippen molar-refractivity contribution in [2.75, 3.05) is 0 Å². The summed E-state index contributed by atoms with van der Waals surface area (Å²) < 4.78 is 0. The fourth-order valence-electron chi connectivity index (χ4n) is 1.82. The summed E-state index contributed by atoms with van der Waals surface area (Å²) >= 11 is 11.9. The van der Waals surface area contributed by atoms with Gasteiger partial charge in [0.05, 0.1) is 22.3 Å². The molecule has 0 aliphatic heterocycles. The van der Waals surface area contributed by atoms with Crippen molar-refractivity contribution in [1.29, 1.82) is 0 Å². The first-order chi connectivity index (χ1) is 9.56. The van der Waals surface area contributed by atoms with Crippen LogP contribution in [0.15, 0.2) is 42.6 Å². The average Bonchev–Trinajstić information content (AvgIpc) is 2.43. The van der Waals surface area contributed by atoms with Gasteiger partial charge in [-0.15, -0.1) is 0 Å². The highest BCUT2D eigenvalue weighted by molar-refractivity contribution is 6.42. The fourth-order valence-corrected chi connectivity index (χ4v) is 2.14. The van der Waals surface area contributed by atoms with E-state index in [1.165, 1.54) is 0 Å². The molecule has 1 heterocycles. The van der Waals surface area contributed by atoms with E-state index < -0.39 is 0 Å². The molecule has 1 amide bonds. The maximum absolute atomic E-state index is 11.7. The third kappa shape index (κ3) is 3.95. The summed E-state index contributed by atoms with van der Waals surface area (Å²) in [5.74, 6) is -0.0123. The summed E-state index contributed by atoms with van der Waals surface area (Å²) in [4.78, 5) is 17.7. The number of carbonyl (C=O) groups is 1. The number of pyridine rings is 1. The molecule has 1 aromatic carbocycles. The molecule has 0 fully saturated rings. The Labute approximate surface area is 128 Å². The third-order valence-corrected chi connectivity index (χ3v) is 3.62. The summed E-state index contributed by atoms with van der Waals surface area (Å²) in [6, 6.07) is 11.0. The lowest BCUT2D eigenvalue weighted by Crippen LogP contribution is -2.28. The van der Waals surface area contributed by atoms with E-state index in [9.17, 15) is 4.79 Å². The predicted octanol–water partition coefficient (Wildman–Crippen LogP) is 3.94. The molecule has 0 atom stereocenters. The van der Waals surface area contributed by atoms with Crippen LogP contribution in [-0.2, 0) is 17.9 Å². The molecular formula is C15H14Cl2N2O. The van der Waals surface area contributed by atoms with Crippen molar-refractivity contribution in [3.63, 3.8) is 0 Å². The Morgan fingerprint density at radius 3 is 2.55 bits per heavy atom. The van der Waals surface area contributed by atoms with Crippen molar-refractivity contribution in [2.45, 2.75) is 20.0 Å². The van der Waals surface area contributed by atoms with Crippen molar-refractivity contribution in [1.82, 2.24) is 9.88 Å². The van der Waals surface area contributed by atoms with Crippen LogP contribution in [0.4, 0.5) is 0 Å². The molecule has 3 nitrogen and oxygen atoms in total. The van der Waals surface area contributed by atoms with Crippen molar-refractivity contribution in [2.24, 2.45) is 0 Å². The van der Waals surface area contributed by atoms with Crippen molar-refractivity contribution < 1.29 is 4.79 Å². The normalized spacial score (nSPS) is 10.3. The fraction of sp³-hybridized carbons (Fsp3) is 0.200. The smallest absolute Gasteiger partial charge is 0.220 e. The molecule has 0 saturated heterocycles. The minimum Gasteiger partial charge on any atom is -0.333 e. The Bertz CT molecular complexity index is 602. The zero-order valence-corrected chi connectivity index (χ0v) is 12.5. The summed E-state index contributed by atoms with van der Waals surface area (Å²) in [6.07, 6.45) is 1.72. The van der Waals surface area contributed by atoms with Crippen LogP contribution in [-0.4, -0.2) is 15.8 Å². The Morgan fingerprint density at radius 1 is 1.15 bits per heavy atom. The first-order valence-electron chi connectivity index (χ1n) is 6.15. The van der Waals surface area contributed by atoms with Gasteiger partial charge in [-0.25, -0.2) is 0 Å². The van der Waals surface area contributed by atoms with Gasteiger partial charge in [-0.1, -0.05) is 35.3 Å². The van der Waals surface area contributed by atoms with Crippen molar-refractivity contribution >= 4 is 29.1 Å². The second-order valence-corrected chi connectivity index (χ2v) is 5.26. The topological polar surface area (TPSA) is 33.2 Å². The molecule has 0 aliphatic rings. The highest BCUT2D eigenvalue weighted by atomic mass is 35.5. The second kappa shape index (κ2) is 6.73. The Kier molecular flexibility index (Phi) is 4.99. The van der Waals surface area contributed by atoms with Gasteiger partial charge in [0.2, 0.25) is 5.91 Å². The first kappa shape index (κ1) is 14.8. The van der Waals surface area contributed by atoms with Gasteiger partial charge in [0.25, 0.3) is 0 Å². The lowest BCUT2D eigenvalue weighted by Gasteiger charge is -2.21. The monoisotopic (exact) mass is 308 g/mol. The van der Waals surface area contributed by atoms with E-state index in [-0.39, 0.29) is 5.91 Å². The second-order valence-electron chi connectivity index (χ2n) is 4.44. The molecule has 2 aromatic rings. The lowest BCUT2D eigenvalue weighted by atomic mass is 10.2. The number of rotatable bonds is 4. The number of benzene rings is 1. The van der Waals surface area contributed by atoms with Gasteiger partial charge in [0.15, 0.2) is 0 Å². The quantitative estimate of drug-likeness (QED) is 0.857. The Morgan fingerprint density at radius 2 is 1.95 bits per heavy atom. The molecule has 20 heavy (non-hydrogen) atoms. The largest absolute Gasteiger partial charge is 0.333 e. The van der Waals surface area contributed by atoms with Crippen LogP contribution in [0.2, 0.25) is 10.0 Å². The van der Waals surface area contributed by atoms with Gasteiger partial charge >= 0.3 is 0 Å². The standard InChI is InChI=1S/C15H14Cl2N2O/c1-11(20)19(10-13-4-2-3-7-18-13)9-12-5-6-14(16)15(17)8-12/h2-8H,9-10H2,1H3. The van der Waals surface area contributed by atoms with Crippen molar-refractivity contribution in [3.8, 4) is 0 Å². The molecule has 0 bridgehead atoms. The molecule has 5 heteroatoms. The molecular weight excluding hydrogens is 295 g/mol. The Balaban J connectivity index is 2.13. The summed E-state index contributed by atoms with van der Waals surface area (Å²) in [5, 5.41) is 1.00. The van der Waals surface area contributed by atoms with E-state index in [2.05, 4.69) is 4.98 Å². The van der Waals surface area contributed by atoms with E-state index in [0.29, 0.717) is 23.1 Å². The predicted molar refractivity (Wildman–Crippen MR) is 80.6 cm³/mol. The van der Waals surface area contributed by atoms with Crippen LogP contribution < -0.4 is 0 Å². The van der Waals surface area contributed by atoms with Gasteiger partial charge in [-0.05, 0) is 29.8 Å². The number of hydrogen-bond donors (Lipinski definition) is 0. The summed E-state index contributed by atoms with van der Waals surface area (Å²) in [5.41, 5.74) is 1.79. The minimum atomic E-state index is -0.0123. The zero-order chi connectivity index (χ0) is 14.5. The van der Waals surface area contributed by atoms with Crippen LogP contribution in [0.5, 0.6) is 0 Å². The van der Waals surface area contributed by atoms with E-state index in [1.54, 1.807) is 30.2 Å². The molecule has 1 aromatic heterocycles. The third-order valence-electron chi connectivity index (χ3n) is 2.88. The molecule has 0 unspecified atom stereocenters.